The Bertz CT molecular complexity index is 990. The van der Waals surface area contributed by atoms with Gasteiger partial charge in [0.2, 0.25) is 11.8 Å². The van der Waals surface area contributed by atoms with Crippen LogP contribution in [0.3, 0.4) is 0 Å². The van der Waals surface area contributed by atoms with Gasteiger partial charge in [0, 0.05) is 17.8 Å². The van der Waals surface area contributed by atoms with Crippen molar-refractivity contribution in [2.45, 2.75) is 12.8 Å². The summed E-state index contributed by atoms with van der Waals surface area (Å²) in [5, 5.41) is 8.78. The summed E-state index contributed by atoms with van der Waals surface area (Å²) >= 11 is 0. The molecule has 30 heavy (non-hydrogen) atoms. The Hall–Kier alpha value is -3.80. The van der Waals surface area contributed by atoms with E-state index in [9.17, 15) is 9.59 Å². The van der Waals surface area contributed by atoms with Crippen molar-refractivity contribution in [3.63, 3.8) is 0 Å². The van der Waals surface area contributed by atoms with Gasteiger partial charge in [-0.2, -0.15) is 0 Å². The van der Waals surface area contributed by atoms with Crippen LogP contribution in [0.25, 0.3) is 0 Å². The highest BCUT2D eigenvalue weighted by molar-refractivity contribution is 5.95. The highest BCUT2D eigenvalue weighted by Crippen LogP contribution is 2.23. The largest absolute Gasteiger partial charge is 0.495 e. The van der Waals surface area contributed by atoms with Gasteiger partial charge in [-0.05, 0) is 42.3 Å². The Morgan fingerprint density at radius 1 is 0.800 bits per heavy atom. The van der Waals surface area contributed by atoms with Crippen LogP contribution in [-0.4, -0.2) is 25.5 Å². The molecule has 0 saturated carbocycles. The molecule has 0 aliphatic rings. The quantitative estimate of drug-likeness (QED) is 0.497. The third-order valence-corrected chi connectivity index (χ3v) is 4.46. The van der Waals surface area contributed by atoms with Crippen molar-refractivity contribution in [2.24, 2.45) is 0 Å². The van der Waals surface area contributed by atoms with Crippen LogP contribution in [0.4, 0.5) is 17.1 Å². The first-order valence-electron chi connectivity index (χ1n) is 9.74. The third-order valence-electron chi connectivity index (χ3n) is 4.46. The summed E-state index contributed by atoms with van der Waals surface area (Å²) < 4.78 is 5.23. The Labute approximate surface area is 176 Å². The molecule has 0 saturated heterocycles. The van der Waals surface area contributed by atoms with Gasteiger partial charge in [0.05, 0.1) is 19.3 Å². The van der Waals surface area contributed by atoms with Gasteiger partial charge in [-0.15, -0.1) is 0 Å². The van der Waals surface area contributed by atoms with Crippen molar-refractivity contribution < 1.29 is 14.3 Å². The number of aryl methyl sites for hydroxylation is 1. The van der Waals surface area contributed by atoms with Gasteiger partial charge >= 0.3 is 0 Å². The molecule has 6 nitrogen and oxygen atoms in total. The average Bonchev–Trinajstić information content (AvgIpc) is 2.78. The van der Waals surface area contributed by atoms with Gasteiger partial charge in [-0.1, -0.05) is 48.5 Å². The summed E-state index contributed by atoms with van der Waals surface area (Å²) in [6.07, 6.45) is 1.09. The van der Waals surface area contributed by atoms with Gasteiger partial charge in [0.25, 0.3) is 0 Å². The topological polar surface area (TPSA) is 79.5 Å². The second-order valence-electron chi connectivity index (χ2n) is 6.72. The minimum Gasteiger partial charge on any atom is -0.495 e. The summed E-state index contributed by atoms with van der Waals surface area (Å²) in [6, 6.07) is 24.4. The molecular weight excluding hydrogens is 378 g/mol. The molecule has 0 aromatic heterocycles. The number of para-hydroxylation sites is 2. The second kappa shape index (κ2) is 10.7. The zero-order chi connectivity index (χ0) is 21.2. The first kappa shape index (κ1) is 20.9. The van der Waals surface area contributed by atoms with Crippen molar-refractivity contribution in [1.29, 1.82) is 0 Å². The molecule has 0 atom stereocenters. The van der Waals surface area contributed by atoms with Gasteiger partial charge < -0.3 is 20.7 Å². The first-order valence-corrected chi connectivity index (χ1v) is 9.74. The molecule has 0 spiro atoms. The maximum atomic E-state index is 12.2. The van der Waals surface area contributed by atoms with E-state index in [1.807, 2.05) is 60.7 Å². The molecule has 0 aliphatic carbocycles. The number of methoxy groups -OCH3 is 1. The zero-order valence-electron chi connectivity index (χ0n) is 16.9. The van der Waals surface area contributed by atoms with Crippen LogP contribution in [0.2, 0.25) is 0 Å². The van der Waals surface area contributed by atoms with E-state index in [2.05, 4.69) is 16.0 Å². The van der Waals surface area contributed by atoms with E-state index in [-0.39, 0.29) is 18.4 Å². The fourth-order valence-corrected chi connectivity index (χ4v) is 2.96. The van der Waals surface area contributed by atoms with Crippen LogP contribution in [0, 0.1) is 0 Å². The third kappa shape index (κ3) is 6.38. The van der Waals surface area contributed by atoms with Crippen LogP contribution in [0.5, 0.6) is 5.75 Å². The molecule has 0 bridgehead atoms. The Morgan fingerprint density at radius 3 is 2.33 bits per heavy atom. The van der Waals surface area contributed by atoms with Gasteiger partial charge in [-0.25, -0.2) is 0 Å². The molecule has 3 N–H and O–H groups in total. The summed E-state index contributed by atoms with van der Waals surface area (Å²) in [5.41, 5.74) is 3.17. The number of ether oxygens (including phenoxy) is 1. The normalized spacial score (nSPS) is 10.2. The van der Waals surface area contributed by atoms with Gasteiger partial charge in [-0.3, -0.25) is 9.59 Å². The van der Waals surface area contributed by atoms with Crippen molar-refractivity contribution in [2.75, 3.05) is 29.6 Å². The molecule has 6 heteroatoms. The highest BCUT2D eigenvalue weighted by atomic mass is 16.5. The molecule has 0 fully saturated rings. The number of carbonyl (C=O) groups excluding carboxylic acids is 2. The number of hydrogen-bond donors (Lipinski definition) is 3. The van der Waals surface area contributed by atoms with E-state index < -0.39 is 0 Å². The van der Waals surface area contributed by atoms with E-state index in [4.69, 9.17) is 4.74 Å². The van der Waals surface area contributed by atoms with Gasteiger partial charge in [0.1, 0.15) is 5.75 Å². The van der Waals surface area contributed by atoms with Gasteiger partial charge in [0.15, 0.2) is 0 Å². The van der Waals surface area contributed by atoms with E-state index in [1.54, 1.807) is 25.3 Å². The van der Waals surface area contributed by atoms with Crippen molar-refractivity contribution >= 4 is 28.9 Å². The minimum atomic E-state index is -0.197. The lowest BCUT2D eigenvalue weighted by Gasteiger charge is -2.12. The predicted molar refractivity (Wildman–Crippen MR) is 120 cm³/mol. The fraction of sp³-hybridized carbons (Fsp3) is 0.167. The van der Waals surface area contributed by atoms with Crippen molar-refractivity contribution in [1.82, 2.24) is 0 Å². The number of rotatable bonds is 9. The van der Waals surface area contributed by atoms with E-state index in [0.717, 1.165) is 11.3 Å². The maximum absolute atomic E-state index is 12.2. The van der Waals surface area contributed by atoms with E-state index in [0.29, 0.717) is 30.0 Å². The first-order chi connectivity index (χ1) is 14.6. The molecule has 3 aromatic carbocycles. The van der Waals surface area contributed by atoms with E-state index >= 15 is 0 Å². The molecule has 0 heterocycles. The lowest BCUT2D eigenvalue weighted by molar-refractivity contribution is -0.116. The standard InChI is InChI=1S/C24H25N3O3/c1-30-22-13-6-5-12-21(22)27-24(29)17-25-19-10-7-11-20(16-19)26-23(28)15-14-18-8-3-2-4-9-18/h2-13,16,25H,14-15,17H2,1H3,(H,26,28)(H,27,29). The summed E-state index contributed by atoms with van der Waals surface area (Å²) in [7, 11) is 1.56. The zero-order valence-corrected chi connectivity index (χ0v) is 16.9. The SMILES string of the molecule is COc1ccccc1NC(=O)CNc1cccc(NC(=O)CCc2ccccc2)c1. The molecular formula is C24H25N3O3. The van der Waals surface area contributed by atoms with Crippen LogP contribution in [0.1, 0.15) is 12.0 Å². The van der Waals surface area contributed by atoms with Crippen LogP contribution < -0.4 is 20.7 Å². The predicted octanol–water partition coefficient (Wildman–Crippen LogP) is 4.32. The lowest BCUT2D eigenvalue weighted by atomic mass is 10.1. The van der Waals surface area contributed by atoms with Crippen molar-refractivity contribution in [3.05, 3.63) is 84.4 Å². The highest BCUT2D eigenvalue weighted by Gasteiger charge is 2.08. The monoisotopic (exact) mass is 403 g/mol. The molecule has 3 aromatic rings. The summed E-state index contributed by atoms with van der Waals surface area (Å²) in [4.78, 5) is 24.5. The van der Waals surface area contributed by atoms with Crippen molar-refractivity contribution in [3.8, 4) is 5.75 Å². The smallest absolute Gasteiger partial charge is 0.243 e. The number of anilines is 3. The Kier molecular flexibility index (Phi) is 7.44. The number of hydrogen-bond acceptors (Lipinski definition) is 4. The summed E-state index contributed by atoms with van der Waals surface area (Å²) in [6.45, 7) is 0.0868. The van der Waals surface area contributed by atoms with E-state index in [1.165, 1.54) is 0 Å². The number of carbonyl (C=O) groups is 2. The lowest BCUT2D eigenvalue weighted by Crippen LogP contribution is -2.22. The molecule has 0 radical (unpaired) electrons. The Balaban J connectivity index is 1.49. The van der Waals surface area contributed by atoms with Crippen LogP contribution >= 0.6 is 0 Å². The van der Waals surface area contributed by atoms with Crippen LogP contribution in [0.15, 0.2) is 78.9 Å². The molecule has 2 amide bonds. The average molecular weight is 403 g/mol. The number of benzene rings is 3. The van der Waals surface area contributed by atoms with Crippen LogP contribution in [-0.2, 0) is 16.0 Å². The Morgan fingerprint density at radius 2 is 1.53 bits per heavy atom. The maximum Gasteiger partial charge on any atom is 0.243 e. The second-order valence-corrected chi connectivity index (χ2v) is 6.72. The molecule has 154 valence electrons. The fourth-order valence-electron chi connectivity index (χ4n) is 2.96. The minimum absolute atomic E-state index is 0.0510. The number of nitrogens with one attached hydrogen (secondary N) is 3. The molecule has 0 aliphatic heterocycles. The molecule has 0 unspecified atom stereocenters. The summed E-state index contributed by atoms with van der Waals surface area (Å²) in [5.74, 6) is 0.354. The number of amides is 2. The molecule has 3 rings (SSSR count).